The van der Waals surface area contributed by atoms with Gasteiger partial charge in [-0.2, -0.15) is 0 Å². The number of rotatable bonds is 8. The molecule has 4 aromatic rings. The molecule has 10 heteroatoms. The number of fused-ring (bicyclic) bond motifs is 1. The van der Waals surface area contributed by atoms with Crippen molar-refractivity contribution in [2.24, 2.45) is 0 Å². The summed E-state index contributed by atoms with van der Waals surface area (Å²) in [7, 11) is 4.68. The molecule has 34 heavy (non-hydrogen) atoms. The number of thiazole rings is 1. The van der Waals surface area contributed by atoms with Crippen molar-refractivity contribution in [2.45, 2.75) is 13.0 Å². The fourth-order valence-corrected chi connectivity index (χ4v) is 4.00. The molecule has 176 valence electrons. The standard InChI is InChI=1S/C24H24N4O5S/c1-14(23-26-9-10-34-23)27-24(29)28-15-5-6-19(20(11-15)30-2)33-18-7-8-25-17-13-22(32-4)21(31-3)12-16(17)18/h5-14H,1-4H3,(H2,27,28,29). The maximum atomic E-state index is 12.4. The molecule has 2 aromatic heterocycles. The molecule has 2 amide bonds. The van der Waals surface area contributed by atoms with E-state index in [1.165, 1.54) is 18.4 Å². The zero-order valence-electron chi connectivity index (χ0n) is 19.1. The van der Waals surface area contributed by atoms with E-state index in [-0.39, 0.29) is 12.1 Å². The zero-order chi connectivity index (χ0) is 24.1. The summed E-state index contributed by atoms with van der Waals surface area (Å²) in [5, 5.41) is 9.12. The topological polar surface area (TPSA) is 104 Å². The lowest BCUT2D eigenvalue weighted by Crippen LogP contribution is -2.31. The van der Waals surface area contributed by atoms with Crippen LogP contribution >= 0.6 is 11.3 Å². The van der Waals surface area contributed by atoms with Gasteiger partial charge in [-0.15, -0.1) is 11.3 Å². The van der Waals surface area contributed by atoms with E-state index in [1.54, 1.807) is 56.9 Å². The van der Waals surface area contributed by atoms with Gasteiger partial charge < -0.3 is 29.6 Å². The Labute approximate surface area is 200 Å². The number of anilines is 1. The lowest BCUT2D eigenvalue weighted by atomic mass is 10.1. The molecule has 0 radical (unpaired) electrons. The van der Waals surface area contributed by atoms with Crippen LogP contribution in [0, 0.1) is 0 Å². The number of ether oxygens (including phenoxy) is 4. The summed E-state index contributed by atoms with van der Waals surface area (Å²) in [4.78, 5) is 21.0. The van der Waals surface area contributed by atoms with Crippen molar-refractivity contribution in [1.29, 1.82) is 0 Å². The molecule has 0 aliphatic carbocycles. The minimum Gasteiger partial charge on any atom is -0.493 e. The second kappa shape index (κ2) is 10.3. The number of benzene rings is 2. The number of pyridine rings is 1. The number of hydrogen-bond acceptors (Lipinski definition) is 8. The van der Waals surface area contributed by atoms with Gasteiger partial charge in [0, 0.05) is 41.0 Å². The molecule has 2 aromatic carbocycles. The van der Waals surface area contributed by atoms with Crippen molar-refractivity contribution < 1.29 is 23.7 Å². The van der Waals surface area contributed by atoms with E-state index >= 15 is 0 Å². The number of carbonyl (C=O) groups is 1. The maximum absolute atomic E-state index is 12.4. The quantitative estimate of drug-likeness (QED) is 0.348. The summed E-state index contributed by atoms with van der Waals surface area (Å²) in [6, 6.07) is 9.95. The Bertz CT molecular complexity index is 1300. The van der Waals surface area contributed by atoms with Gasteiger partial charge in [-0.3, -0.25) is 4.98 Å². The largest absolute Gasteiger partial charge is 0.493 e. The molecule has 0 aliphatic rings. The first kappa shape index (κ1) is 23.1. The first-order valence-electron chi connectivity index (χ1n) is 10.4. The SMILES string of the molecule is COc1cc2nccc(Oc3ccc(NC(=O)NC(C)c4nccs4)cc3OC)c2cc1OC. The summed E-state index contributed by atoms with van der Waals surface area (Å²) in [6.07, 6.45) is 3.36. The number of urea groups is 1. The molecule has 1 unspecified atom stereocenters. The highest BCUT2D eigenvalue weighted by Crippen LogP contribution is 2.39. The molecule has 2 N–H and O–H groups in total. The van der Waals surface area contributed by atoms with E-state index in [0.29, 0.717) is 40.0 Å². The fraction of sp³-hybridized carbons (Fsp3) is 0.208. The van der Waals surface area contributed by atoms with Gasteiger partial charge in [-0.05, 0) is 31.2 Å². The lowest BCUT2D eigenvalue weighted by Gasteiger charge is -2.16. The number of methoxy groups -OCH3 is 3. The predicted molar refractivity (Wildman–Crippen MR) is 131 cm³/mol. The number of amides is 2. The van der Waals surface area contributed by atoms with Gasteiger partial charge in [0.2, 0.25) is 0 Å². The first-order chi connectivity index (χ1) is 16.5. The molecule has 0 saturated heterocycles. The third-order valence-corrected chi connectivity index (χ3v) is 5.98. The third-order valence-electron chi connectivity index (χ3n) is 5.02. The highest BCUT2D eigenvalue weighted by atomic mass is 32.1. The highest BCUT2D eigenvalue weighted by molar-refractivity contribution is 7.09. The molecule has 2 heterocycles. The summed E-state index contributed by atoms with van der Waals surface area (Å²) >= 11 is 1.48. The van der Waals surface area contributed by atoms with E-state index < -0.39 is 0 Å². The van der Waals surface area contributed by atoms with E-state index in [0.717, 1.165) is 10.4 Å². The highest BCUT2D eigenvalue weighted by Gasteiger charge is 2.15. The van der Waals surface area contributed by atoms with Gasteiger partial charge in [0.25, 0.3) is 0 Å². The first-order valence-corrected chi connectivity index (χ1v) is 11.2. The normalized spacial score (nSPS) is 11.5. The summed E-state index contributed by atoms with van der Waals surface area (Å²) in [5.41, 5.74) is 1.25. The van der Waals surface area contributed by atoms with E-state index in [1.807, 2.05) is 18.4 Å². The Hall–Kier alpha value is -4.05. The van der Waals surface area contributed by atoms with Crippen LogP contribution in [0.3, 0.4) is 0 Å². The molecule has 0 fully saturated rings. The Morgan fingerprint density at radius 3 is 2.32 bits per heavy atom. The van der Waals surface area contributed by atoms with E-state index in [4.69, 9.17) is 18.9 Å². The lowest BCUT2D eigenvalue weighted by molar-refractivity contribution is 0.249. The van der Waals surface area contributed by atoms with Gasteiger partial charge in [0.05, 0.1) is 32.9 Å². The zero-order valence-corrected chi connectivity index (χ0v) is 19.9. The Kier molecular flexibility index (Phi) is 6.98. The van der Waals surface area contributed by atoms with Crippen molar-refractivity contribution in [1.82, 2.24) is 15.3 Å². The second-order valence-corrected chi connectivity index (χ2v) is 8.12. The number of carbonyl (C=O) groups excluding carboxylic acids is 1. The summed E-state index contributed by atoms with van der Waals surface area (Å²) < 4.78 is 22.4. The number of nitrogens with zero attached hydrogens (tertiary/aromatic N) is 2. The Balaban J connectivity index is 1.54. The van der Waals surface area contributed by atoms with Crippen LogP contribution in [0.4, 0.5) is 10.5 Å². The molecule has 4 rings (SSSR count). The average molecular weight is 481 g/mol. The van der Waals surface area contributed by atoms with Crippen LogP contribution in [0.25, 0.3) is 10.9 Å². The third kappa shape index (κ3) is 4.96. The minimum atomic E-state index is -0.348. The molecule has 0 saturated carbocycles. The molecular weight excluding hydrogens is 456 g/mol. The van der Waals surface area contributed by atoms with Crippen LogP contribution in [-0.2, 0) is 0 Å². The molecule has 0 spiro atoms. The van der Waals surface area contributed by atoms with Crippen molar-refractivity contribution >= 4 is 34.0 Å². The fourth-order valence-electron chi connectivity index (χ4n) is 3.36. The van der Waals surface area contributed by atoms with Gasteiger partial charge in [-0.1, -0.05) is 0 Å². The minimum absolute atomic E-state index is 0.208. The van der Waals surface area contributed by atoms with Gasteiger partial charge in [0.15, 0.2) is 23.0 Å². The Morgan fingerprint density at radius 1 is 0.882 bits per heavy atom. The van der Waals surface area contributed by atoms with Crippen molar-refractivity contribution in [3.05, 3.63) is 59.2 Å². The van der Waals surface area contributed by atoms with Crippen LogP contribution in [0.15, 0.2) is 54.2 Å². The van der Waals surface area contributed by atoms with Crippen LogP contribution in [0.1, 0.15) is 18.0 Å². The molecule has 9 nitrogen and oxygen atoms in total. The van der Waals surface area contributed by atoms with Crippen LogP contribution < -0.4 is 29.6 Å². The Morgan fingerprint density at radius 2 is 1.62 bits per heavy atom. The molecule has 0 aliphatic heterocycles. The smallest absolute Gasteiger partial charge is 0.319 e. The summed E-state index contributed by atoms with van der Waals surface area (Å²) in [5.74, 6) is 2.65. The molecule has 1 atom stereocenters. The molecule has 0 bridgehead atoms. The van der Waals surface area contributed by atoms with E-state index in [9.17, 15) is 4.79 Å². The monoisotopic (exact) mass is 480 g/mol. The number of aromatic nitrogens is 2. The average Bonchev–Trinajstić information content (AvgIpc) is 3.39. The van der Waals surface area contributed by atoms with Gasteiger partial charge in [-0.25, -0.2) is 9.78 Å². The summed E-state index contributed by atoms with van der Waals surface area (Å²) in [6.45, 7) is 1.87. The second-order valence-electron chi connectivity index (χ2n) is 7.19. The van der Waals surface area contributed by atoms with Gasteiger partial charge in [0.1, 0.15) is 10.8 Å². The van der Waals surface area contributed by atoms with Crippen LogP contribution in [-0.4, -0.2) is 37.3 Å². The van der Waals surface area contributed by atoms with Crippen molar-refractivity contribution in [2.75, 3.05) is 26.6 Å². The predicted octanol–water partition coefficient (Wildman–Crippen LogP) is 5.39. The number of hydrogen-bond donors (Lipinski definition) is 2. The number of nitrogens with one attached hydrogen (secondary N) is 2. The maximum Gasteiger partial charge on any atom is 0.319 e. The van der Waals surface area contributed by atoms with Crippen molar-refractivity contribution in [3.8, 4) is 28.7 Å². The van der Waals surface area contributed by atoms with Crippen molar-refractivity contribution in [3.63, 3.8) is 0 Å². The van der Waals surface area contributed by atoms with Gasteiger partial charge >= 0.3 is 6.03 Å². The van der Waals surface area contributed by atoms with Crippen LogP contribution in [0.2, 0.25) is 0 Å². The van der Waals surface area contributed by atoms with E-state index in [2.05, 4.69) is 20.6 Å². The molecular formula is C24H24N4O5S. The van der Waals surface area contributed by atoms with Crippen LogP contribution in [0.5, 0.6) is 28.7 Å².